The molecule has 0 N–H and O–H groups in total. The maximum Gasteiger partial charge on any atom is 0.423 e. The normalized spacial score (nSPS) is 12.2. The highest BCUT2D eigenvalue weighted by Gasteiger charge is 2.38. The van der Waals surface area contributed by atoms with Gasteiger partial charge in [-0.2, -0.15) is 31.3 Å². The van der Waals surface area contributed by atoms with Gasteiger partial charge in [0, 0.05) is 16.3 Å². The van der Waals surface area contributed by atoms with Gasteiger partial charge in [0.2, 0.25) is 11.8 Å². The van der Waals surface area contributed by atoms with Crippen molar-refractivity contribution in [3.8, 4) is 5.88 Å². The van der Waals surface area contributed by atoms with E-state index in [1.165, 1.54) is 4.90 Å². The molecule has 0 amide bonds. The second kappa shape index (κ2) is 7.84. The van der Waals surface area contributed by atoms with Crippen LogP contribution in [0.5, 0.6) is 5.88 Å². The summed E-state index contributed by atoms with van der Waals surface area (Å²) in [5.41, 5.74) is -0.860. The quantitative estimate of drug-likeness (QED) is 0.426. The summed E-state index contributed by atoms with van der Waals surface area (Å²) >= 11 is 2.02. The van der Waals surface area contributed by atoms with Crippen LogP contribution in [-0.4, -0.2) is 29.3 Å². The Bertz CT molecular complexity index is 766. The second-order valence-corrected chi connectivity index (χ2v) is 6.15. The predicted molar refractivity (Wildman–Crippen MR) is 90.4 cm³/mol. The summed E-state index contributed by atoms with van der Waals surface area (Å²) in [6, 6.07) is 6.95. The lowest BCUT2D eigenvalue weighted by Crippen LogP contribution is -2.24. The molecular weight excluding hydrogens is 479 g/mol. The van der Waals surface area contributed by atoms with E-state index in [4.69, 9.17) is 0 Å². The summed E-state index contributed by atoms with van der Waals surface area (Å²) in [5.74, 6) is -1.36. The van der Waals surface area contributed by atoms with E-state index in [1.54, 1.807) is 31.2 Å². The zero-order valence-corrected chi connectivity index (χ0v) is 15.4. The van der Waals surface area contributed by atoms with Crippen LogP contribution < -0.4 is 9.64 Å². The molecule has 11 heteroatoms. The fourth-order valence-corrected chi connectivity index (χ4v) is 2.71. The molecule has 0 aliphatic rings. The van der Waals surface area contributed by atoms with Crippen molar-refractivity contribution in [3.63, 3.8) is 0 Å². The van der Waals surface area contributed by atoms with Crippen molar-refractivity contribution >= 4 is 34.2 Å². The average molecular weight is 491 g/mol. The lowest BCUT2D eigenvalue weighted by Gasteiger charge is -2.23. The van der Waals surface area contributed by atoms with Gasteiger partial charge in [-0.05, 0) is 41.6 Å². The van der Waals surface area contributed by atoms with Gasteiger partial charge in [0.15, 0.2) is 6.61 Å². The molecule has 0 unspecified atom stereocenters. The zero-order valence-electron chi connectivity index (χ0n) is 13.2. The first kappa shape index (κ1) is 20.5. The van der Waals surface area contributed by atoms with Crippen LogP contribution in [0.15, 0.2) is 30.5 Å². The van der Waals surface area contributed by atoms with Crippen molar-refractivity contribution in [2.75, 3.05) is 18.1 Å². The van der Waals surface area contributed by atoms with Gasteiger partial charge in [-0.15, -0.1) is 0 Å². The lowest BCUT2D eigenvalue weighted by molar-refractivity contribution is -0.159. The first-order valence-corrected chi connectivity index (χ1v) is 8.26. The number of para-hydroxylation sites is 1. The molecule has 0 saturated heterocycles. The maximum atomic E-state index is 13.0. The van der Waals surface area contributed by atoms with E-state index >= 15 is 0 Å². The number of ether oxygens (including phenoxy) is 1. The van der Waals surface area contributed by atoms with Crippen molar-refractivity contribution in [1.82, 2.24) is 9.97 Å². The summed E-state index contributed by atoms with van der Waals surface area (Å²) in [5, 5.41) is 0. The molecule has 2 rings (SSSR count). The van der Waals surface area contributed by atoms with E-state index in [0.717, 1.165) is 3.57 Å². The summed E-state index contributed by atoms with van der Waals surface area (Å²) in [4.78, 5) is 8.74. The third-order valence-corrected chi connectivity index (χ3v) is 4.03. The molecule has 1 aromatic heterocycles. The topological polar surface area (TPSA) is 38.2 Å². The van der Waals surface area contributed by atoms with Gasteiger partial charge in [-0.25, -0.2) is 4.98 Å². The van der Waals surface area contributed by atoms with E-state index in [2.05, 4.69) is 14.7 Å². The molecule has 26 heavy (non-hydrogen) atoms. The predicted octanol–water partition coefficient (Wildman–Crippen LogP) is 5.20. The van der Waals surface area contributed by atoms with Gasteiger partial charge < -0.3 is 9.64 Å². The third-order valence-electron chi connectivity index (χ3n) is 3.12. The van der Waals surface area contributed by atoms with Crippen LogP contribution >= 0.6 is 22.6 Å². The molecule has 0 spiro atoms. The molecule has 0 atom stereocenters. The molecule has 0 saturated carbocycles. The van der Waals surface area contributed by atoms with Crippen molar-refractivity contribution in [3.05, 3.63) is 39.6 Å². The van der Waals surface area contributed by atoms with Crippen LogP contribution in [0.3, 0.4) is 0 Å². The molecule has 0 aliphatic heterocycles. The summed E-state index contributed by atoms with van der Waals surface area (Å²) in [6.45, 7) is 0.103. The Labute approximate surface area is 158 Å². The number of hydrogen-bond acceptors (Lipinski definition) is 4. The zero-order chi connectivity index (χ0) is 19.5. The molecule has 0 fully saturated rings. The smallest absolute Gasteiger partial charge is 0.423 e. The number of nitrogens with zero attached hydrogens (tertiary/aromatic N) is 3. The number of aromatic nitrogens is 2. The fraction of sp³-hybridized carbons (Fsp3) is 0.333. The Morgan fingerprint density at radius 1 is 1.12 bits per heavy atom. The van der Waals surface area contributed by atoms with Crippen LogP contribution in [0.1, 0.15) is 12.5 Å². The minimum atomic E-state index is -4.95. The van der Waals surface area contributed by atoms with E-state index in [1.807, 2.05) is 22.6 Å². The third kappa shape index (κ3) is 5.11. The van der Waals surface area contributed by atoms with Gasteiger partial charge in [-0.3, -0.25) is 0 Å². The van der Waals surface area contributed by atoms with Gasteiger partial charge in [0.25, 0.3) is 0 Å². The monoisotopic (exact) mass is 491 g/mol. The van der Waals surface area contributed by atoms with E-state index < -0.39 is 30.4 Å². The van der Waals surface area contributed by atoms with E-state index in [-0.39, 0.29) is 12.5 Å². The highest BCUT2D eigenvalue weighted by atomic mass is 127. The standard InChI is InChI=1S/C15H12F6IN3O/c1-2-25(11-6-4-3-5-10(11)22)13-23-7-9(15(19,20)21)12(24-13)26-8-14(16,17)18/h3-7H,2,8H2,1H3. The first-order chi connectivity index (χ1) is 12.0. The number of halogens is 7. The lowest BCUT2D eigenvalue weighted by atomic mass is 10.3. The van der Waals surface area contributed by atoms with Gasteiger partial charge in [0.1, 0.15) is 5.56 Å². The maximum absolute atomic E-state index is 13.0. The van der Waals surface area contributed by atoms with Crippen LogP contribution in [0.4, 0.5) is 38.0 Å². The Kier molecular flexibility index (Phi) is 6.19. The van der Waals surface area contributed by atoms with Crippen molar-refractivity contribution in [1.29, 1.82) is 0 Å². The van der Waals surface area contributed by atoms with Crippen molar-refractivity contribution < 1.29 is 31.1 Å². The molecular formula is C15H12F6IN3O. The van der Waals surface area contributed by atoms with Crippen molar-refractivity contribution in [2.45, 2.75) is 19.3 Å². The summed E-state index contributed by atoms with van der Waals surface area (Å²) in [6.07, 6.45) is -9.32. The minimum Gasteiger partial charge on any atom is -0.467 e. The highest BCUT2D eigenvalue weighted by Crippen LogP contribution is 2.37. The fourth-order valence-electron chi connectivity index (χ4n) is 2.03. The number of anilines is 2. The van der Waals surface area contributed by atoms with Gasteiger partial charge >= 0.3 is 12.4 Å². The van der Waals surface area contributed by atoms with Crippen LogP contribution in [0, 0.1) is 3.57 Å². The number of hydrogen-bond donors (Lipinski definition) is 0. The number of rotatable bonds is 5. The van der Waals surface area contributed by atoms with Gasteiger partial charge in [0.05, 0.1) is 5.69 Å². The highest BCUT2D eigenvalue weighted by molar-refractivity contribution is 14.1. The van der Waals surface area contributed by atoms with Crippen LogP contribution in [0.2, 0.25) is 0 Å². The summed E-state index contributed by atoms with van der Waals surface area (Å²) < 4.78 is 81.2. The Morgan fingerprint density at radius 3 is 2.31 bits per heavy atom. The molecule has 1 aromatic carbocycles. The SMILES string of the molecule is CCN(c1ncc(C(F)(F)F)c(OCC(F)(F)F)n1)c1ccccc1I. The largest absolute Gasteiger partial charge is 0.467 e. The molecule has 0 aliphatic carbocycles. The summed E-state index contributed by atoms with van der Waals surface area (Å²) in [7, 11) is 0. The van der Waals surface area contributed by atoms with Crippen LogP contribution in [0.25, 0.3) is 0 Å². The molecule has 142 valence electrons. The van der Waals surface area contributed by atoms with E-state index in [9.17, 15) is 26.3 Å². The Balaban J connectivity index is 2.48. The Morgan fingerprint density at radius 2 is 1.77 bits per heavy atom. The average Bonchev–Trinajstić information content (AvgIpc) is 2.54. The molecule has 1 heterocycles. The first-order valence-electron chi connectivity index (χ1n) is 7.18. The Hall–Kier alpha value is -1.79. The molecule has 0 radical (unpaired) electrons. The van der Waals surface area contributed by atoms with Crippen LogP contribution in [-0.2, 0) is 6.18 Å². The number of benzene rings is 1. The molecule has 0 bridgehead atoms. The number of alkyl halides is 6. The van der Waals surface area contributed by atoms with Crippen molar-refractivity contribution in [2.24, 2.45) is 0 Å². The molecule has 4 nitrogen and oxygen atoms in total. The second-order valence-electron chi connectivity index (χ2n) is 4.99. The van der Waals surface area contributed by atoms with E-state index in [0.29, 0.717) is 11.9 Å². The van der Waals surface area contributed by atoms with Gasteiger partial charge in [-0.1, -0.05) is 12.1 Å². The molecule has 2 aromatic rings. The minimum absolute atomic E-state index is 0.193.